The Balaban J connectivity index is 1.64. The first-order valence-corrected chi connectivity index (χ1v) is 7.74. The summed E-state index contributed by atoms with van der Waals surface area (Å²) in [4.78, 5) is 16.0. The summed E-state index contributed by atoms with van der Waals surface area (Å²) in [6, 6.07) is 0.0889. The summed E-state index contributed by atoms with van der Waals surface area (Å²) in [6.07, 6.45) is 5.05. The molecule has 1 saturated heterocycles. The van der Waals surface area contributed by atoms with Gasteiger partial charge in [-0.05, 0) is 32.2 Å². The van der Waals surface area contributed by atoms with Crippen LogP contribution < -0.4 is 10.6 Å². The topological polar surface area (TPSA) is 89.3 Å². The van der Waals surface area contributed by atoms with Crippen molar-refractivity contribution < 1.29 is 14.1 Å². The second-order valence-electron chi connectivity index (χ2n) is 5.18. The largest absolute Gasteiger partial charge is 0.381 e. The Morgan fingerprint density at radius 2 is 2.33 bits per heavy atom. The lowest BCUT2D eigenvalue weighted by molar-refractivity contribution is 0.0927. The van der Waals surface area contributed by atoms with Crippen LogP contribution in [0, 0.1) is 0 Å². The van der Waals surface area contributed by atoms with E-state index in [1.807, 2.05) is 0 Å². The van der Waals surface area contributed by atoms with Crippen LogP contribution in [0.15, 0.2) is 4.52 Å². The van der Waals surface area contributed by atoms with E-state index < -0.39 is 0 Å². The maximum Gasteiger partial charge on any atom is 0.292 e. The van der Waals surface area contributed by atoms with E-state index in [9.17, 15) is 4.79 Å². The maximum absolute atomic E-state index is 11.9. The van der Waals surface area contributed by atoms with Gasteiger partial charge in [-0.25, -0.2) is 0 Å². The number of hydrogen-bond acceptors (Lipinski definition) is 6. The number of hydrogen-bond donors (Lipinski definition) is 2. The predicted molar refractivity (Wildman–Crippen MR) is 77.0 cm³/mol. The Kier molecular flexibility index (Phi) is 6.62. The van der Waals surface area contributed by atoms with Gasteiger partial charge in [0.1, 0.15) is 0 Å². The quantitative estimate of drug-likeness (QED) is 0.670. The molecule has 0 saturated carbocycles. The van der Waals surface area contributed by atoms with Crippen molar-refractivity contribution in [3.8, 4) is 0 Å². The van der Waals surface area contributed by atoms with E-state index in [1.165, 1.54) is 0 Å². The summed E-state index contributed by atoms with van der Waals surface area (Å²) < 4.78 is 10.6. The highest BCUT2D eigenvalue weighted by Crippen LogP contribution is 2.20. The van der Waals surface area contributed by atoms with E-state index >= 15 is 0 Å². The summed E-state index contributed by atoms with van der Waals surface area (Å²) in [5.41, 5.74) is 0. The summed E-state index contributed by atoms with van der Waals surface area (Å²) in [7, 11) is 0. The van der Waals surface area contributed by atoms with Gasteiger partial charge in [-0.1, -0.05) is 18.5 Å². The third-order valence-electron chi connectivity index (χ3n) is 3.40. The standard InChI is InChI=1S/C14H24N4O3/c1-2-3-9-20-10-5-8-16-13(19)12-17-14(21-18-12)11-6-4-7-15-11/h11,15H,2-10H2,1H3,(H,16,19). The molecular weight excluding hydrogens is 272 g/mol. The minimum absolute atomic E-state index is 0.0889. The highest BCUT2D eigenvalue weighted by Gasteiger charge is 2.24. The molecule has 0 aromatic carbocycles. The lowest BCUT2D eigenvalue weighted by Gasteiger charge is -2.04. The van der Waals surface area contributed by atoms with E-state index in [1.54, 1.807) is 0 Å². The molecule has 7 nitrogen and oxygen atoms in total. The van der Waals surface area contributed by atoms with Gasteiger partial charge in [0.2, 0.25) is 5.89 Å². The van der Waals surface area contributed by atoms with Crippen molar-refractivity contribution >= 4 is 5.91 Å². The minimum Gasteiger partial charge on any atom is -0.381 e. The molecule has 7 heteroatoms. The van der Waals surface area contributed by atoms with Crippen molar-refractivity contribution in [1.29, 1.82) is 0 Å². The van der Waals surface area contributed by atoms with Crippen molar-refractivity contribution in [2.75, 3.05) is 26.3 Å². The van der Waals surface area contributed by atoms with Crippen LogP contribution in [0.5, 0.6) is 0 Å². The third kappa shape index (κ3) is 5.09. The van der Waals surface area contributed by atoms with Gasteiger partial charge in [0, 0.05) is 19.8 Å². The van der Waals surface area contributed by atoms with Gasteiger partial charge in [0.25, 0.3) is 11.7 Å². The van der Waals surface area contributed by atoms with Gasteiger partial charge in [0.05, 0.1) is 6.04 Å². The summed E-state index contributed by atoms with van der Waals surface area (Å²) in [6.45, 7) is 5.07. The molecule has 21 heavy (non-hydrogen) atoms. The van der Waals surface area contributed by atoms with Gasteiger partial charge < -0.3 is 19.9 Å². The van der Waals surface area contributed by atoms with Crippen molar-refractivity contribution in [1.82, 2.24) is 20.8 Å². The van der Waals surface area contributed by atoms with E-state index in [2.05, 4.69) is 27.7 Å². The number of rotatable bonds is 9. The van der Waals surface area contributed by atoms with Gasteiger partial charge in [-0.3, -0.25) is 4.79 Å². The maximum atomic E-state index is 11.9. The monoisotopic (exact) mass is 296 g/mol. The molecule has 1 aromatic heterocycles. The molecule has 0 aliphatic carbocycles. The number of carbonyl (C=O) groups excluding carboxylic acids is 1. The zero-order valence-corrected chi connectivity index (χ0v) is 12.6. The Hall–Kier alpha value is -1.47. The lowest BCUT2D eigenvalue weighted by Crippen LogP contribution is -2.26. The second-order valence-corrected chi connectivity index (χ2v) is 5.18. The molecule has 2 N–H and O–H groups in total. The highest BCUT2D eigenvalue weighted by atomic mass is 16.5. The van der Waals surface area contributed by atoms with Crippen molar-refractivity contribution in [3.05, 3.63) is 11.7 Å². The van der Waals surface area contributed by atoms with Crippen LogP contribution in [0.1, 0.15) is 61.6 Å². The first-order valence-electron chi connectivity index (χ1n) is 7.74. The van der Waals surface area contributed by atoms with E-state index in [-0.39, 0.29) is 17.8 Å². The summed E-state index contributed by atoms with van der Waals surface area (Å²) >= 11 is 0. The van der Waals surface area contributed by atoms with Crippen molar-refractivity contribution in [3.63, 3.8) is 0 Å². The molecule has 0 spiro atoms. The zero-order valence-electron chi connectivity index (χ0n) is 12.6. The Morgan fingerprint density at radius 1 is 1.48 bits per heavy atom. The molecule has 2 rings (SSSR count). The average molecular weight is 296 g/mol. The van der Waals surface area contributed by atoms with Gasteiger partial charge in [-0.2, -0.15) is 4.98 Å². The van der Waals surface area contributed by atoms with Crippen LogP contribution in [0.2, 0.25) is 0 Å². The first kappa shape index (κ1) is 15.9. The van der Waals surface area contributed by atoms with Gasteiger partial charge in [-0.15, -0.1) is 0 Å². The fraction of sp³-hybridized carbons (Fsp3) is 0.786. The van der Waals surface area contributed by atoms with Crippen LogP contribution in [-0.4, -0.2) is 42.4 Å². The number of nitrogens with one attached hydrogen (secondary N) is 2. The molecule has 0 bridgehead atoms. The number of carbonyl (C=O) groups is 1. The van der Waals surface area contributed by atoms with Crippen LogP contribution in [0.4, 0.5) is 0 Å². The Labute approximate surface area is 124 Å². The Bertz CT molecular complexity index is 430. The molecule has 1 aliphatic heterocycles. The summed E-state index contributed by atoms with van der Waals surface area (Å²) in [5.74, 6) is 0.308. The fourth-order valence-corrected chi connectivity index (χ4v) is 2.17. The molecule has 1 atom stereocenters. The normalized spacial score (nSPS) is 18.0. The van der Waals surface area contributed by atoms with E-state index in [4.69, 9.17) is 9.26 Å². The minimum atomic E-state index is -0.295. The zero-order chi connectivity index (χ0) is 14.9. The van der Waals surface area contributed by atoms with Crippen LogP contribution in [0.3, 0.4) is 0 Å². The van der Waals surface area contributed by atoms with E-state index in [0.29, 0.717) is 19.0 Å². The molecular formula is C14H24N4O3. The van der Waals surface area contributed by atoms with Crippen LogP contribution in [0.25, 0.3) is 0 Å². The number of nitrogens with zero attached hydrogens (tertiary/aromatic N) is 2. The average Bonchev–Trinajstić information content (AvgIpc) is 3.16. The molecule has 1 aliphatic rings. The van der Waals surface area contributed by atoms with Crippen molar-refractivity contribution in [2.45, 2.75) is 45.1 Å². The van der Waals surface area contributed by atoms with Crippen LogP contribution >= 0.6 is 0 Å². The number of ether oxygens (including phenoxy) is 1. The van der Waals surface area contributed by atoms with Gasteiger partial charge in [0.15, 0.2) is 0 Å². The first-order chi connectivity index (χ1) is 10.3. The van der Waals surface area contributed by atoms with Crippen LogP contribution in [-0.2, 0) is 4.74 Å². The highest BCUT2D eigenvalue weighted by molar-refractivity contribution is 5.90. The summed E-state index contributed by atoms with van der Waals surface area (Å²) in [5, 5.41) is 9.76. The fourth-order valence-electron chi connectivity index (χ4n) is 2.17. The number of aromatic nitrogens is 2. The molecule has 1 fully saturated rings. The molecule has 0 radical (unpaired) electrons. The molecule has 1 amide bonds. The smallest absolute Gasteiger partial charge is 0.292 e. The van der Waals surface area contributed by atoms with E-state index in [0.717, 1.165) is 45.3 Å². The number of amides is 1. The van der Waals surface area contributed by atoms with Gasteiger partial charge >= 0.3 is 0 Å². The number of unbranched alkanes of at least 4 members (excludes halogenated alkanes) is 1. The second kappa shape index (κ2) is 8.74. The third-order valence-corrected chi connectivity index (χ3v) is 3.40. The predicted octanol–water partition coefficient (Wildman–Crippen LogP) is 1.43. The molecule has 118 valence electrons. The lowest BCUT2D eigenvalue weighted by atomic mass is 10.2. The molecule has 1 unspecified atom stereocenters. The van der Waals surface area contributed by atoms with Crippen molar-refractivity contribution in [2.24, 2.45) is 0 Å². The molecule has 2 heterocycles. The Morgan fingerprint density at radius 3 is 3.10 bits per heavy atom. The SMILES string of the molecule is CCCCOCCCNC(=O)c1noc(C2CCCN2)n1. The molecule has 1 aromatic rings.